The summed E-state index contributed by atoms with van der Waals surface area (Å²) in [5, 5.41) is 0.526. The van der Waals surface area contributed by atoms with Crippen LogP contribution in [0.5, 0.6) is 5.75 Å². The Morgan fingerprint density at radius 3 is 2.24 bits per heavy atom. The van der Waals surface area contributed by atoms with Gasteiger partial charge in [0, 0.05) is 5.02 Å². The number of alkyl halides is 3. The summed E-state index contributed by atoms with van der Waals surface area (Å²) in [6, 6.07) is 10.4. The molecule has 0 amide bonds. The van der Waals surface area contributed by atoms with Crippen molar-refractivity contribution >= 4 is 11.6 Å². The molecule has 0 unspecified atom stereocenters. The Morgan fingerprint density at radius 1 is 1.10 bits per heavy atom. The summed E-state index contributed by atoms with van der Waals surface area (Å²) in [6.07, 6.45) is -4.71. The number of rotatable bonds is 3. The van der Waals surface area contributed by atoms with E-state index in [0.29, 0.717) is 10.6 Å². The van der Waals surface area contributed by atoms with E-state index in [1.807, 2.05) is 19.1 Å². The Morgan fingerprint density at radius 2 is 1.71 bits per heavy atom. The third-order valence-corrected chi connectivity index (χ3v) is 3.38. The van der Waals surface area contributed by atoms with Crippen LogP contribution in [0.4, 0.5) is 13.2 Å². The van der Waals surface area contributed by atoms with Crippen molar-refractivity contribution in [1.82, 2.24) is 0 Å². The third kappa shape index (κ3) is 3.89. The van der Waals surface area contributed by atoms with Crippen molar-refractivity contribution in [3.05, 3.63) is 64.2 Å². The summed E-state index contributed by atoms with van der Waals surface area (Å²) >= 11 is 6.14. The van der Waals surface area contributed by atoms with Crippen LogP contribution in [0.1, 0.15) is 22.7 Å². The first-order valence-electron chi connectivity index (χ1n) is 6.14. The van der Waals surface area contributed by atoms with Gasteiger partial charge in [0.15, 0.2) is 0 Å². The van der Waals surface area contributed by atoms with Crippen molar-refractivity contribution in [3.8, 4) is 5.75 Å². The van der Waals surface area contributed by atoms with Gasteiger partial charge in [-0.3, -0.25) is 0 Å². The molecule has 2 nitrogen and oxygen atoms in total. The fraction of sp³-hybridized carbons (Fsp3) is 0.200. The van der Waals surface area contributed by atoms with Gasteiger partial charge in [-0.2, -0.15) is 0 Å². The lowest BCUT2D eigenvalue weighted by molar-refractivity contribution is -0.274. The van der Waals surface area contributed by atoms with Crippen LogP contribution in [0, 0.1) is 6.92 Å². The molecule has 21 heavy (non-hydrogen) atoms. The van der Waals surface area contributed by atoms with E-state index in [1.54, 1.807) is 6.07 Å². The number of aryl methyl sites for hydroxylation is 1. The molecule has 0 aliphatic heterocycles. The van der Waals surface area contributed by atoms with Crippen LogP contribution in [-0.2, 0) is 0 Å². The van der Waals surface area contributed by atoms with Gasteiger partial charge in [0.1, 0.15) is 5.75 Å². The summed E-state index contributed by atoms with van der Waals surface area (Å²) in [6.45, 7) is 1.88. The Kier molecular flexibility index (Phi) is 4.44. The van der Waals surface area contributed by atoms with E-state index in [4.69, 9.17) is 17.3 Å². The molecule has 0 heterocycles. The molecule has 0 radical (unpaired) electrons. The lowest BCUT2D eigenvalue weighted by atomic mass is 9.96. The Balaban J connectivity index is 2.26. The molecule has 0 spiro atoms. The molecule has 0 aliphatic carbocycles. The minimum atomic E-state index is -4.71. The van der Waals surface area contributed by atoms with Crippen LogP contribution >= 0.6 is 11.6 Å². The van der Waals surface area contributed by atoms with E-state index in [-0.39, 0.29) is 5.75 Å². The zero-order valence-corrected chi connectivity index (χ0v) is 11.9. The normalized spacial score (nSPS) is 13.0. The van der Waals surface area contributed by atoms with Gasteiger partial charge in [0.2, 0.25) is 0 Å². The van der Waals surface area contributed by atoms with Crippen LogP contribution < -0.4 is 10.5 Å². The molecule has 6 heteroatoms. The summed E-state index contributed by atoms with van der Waals surface area (Å²) in [4.78, 5) is 0. The van der Waals surface area contributed by atoms with Gasteiger partial charge in [-0.05, 0) is 41.8 Å². The van der Waals surface area contributed by atoms with Gasteiger partial charge in [-0.1, -0.05) is 35.9 Å². The predicted molar refractivity (Wildman–Crippen MR) is 75.3 cm³/mol. The molecular formula is C15H13ClF3NO. The summed E-state index contributed by atoms with van der Waals surface area (Å²) in [5.74, 6) is -0.283. The molecule has 1 atom stereocenters. The highest BCUT2D eigenvalue weighted by Crippen LogP contribution is 2.31. The monoisotopic (exact) mass is 315 g/mol. The molecule has 0 aromatic heterocycles. The van der Waals surface area contributed by atoms with Crippen molar-refractivity contribution in [3.63, 3.8) is 0 Å². The summed E-state index contributed by atoms with van der Waals surface area (Å²) in [5.41, 5.74) is 8.48. The van der Waals surface area contributed by atoms with Crippen molar-refractivity contribution in [2.45, 2.75) is 19.3 Å². The highest BCUT2D eigenvalue weighted by Gasteiger charge is 2.31. The molecule has 0 saturated heterocycles. The Bertz CT molecular complexity index is 606. The third-order valence-electron chi connectivity index (χ3n) is 3.05. The van der Waals surface area contributed by atoms with Crippen molar-refractivity contribution in [2.75, 3.05) is 0 Å². The maximum Gasteiger partial charge on any atom is 0.573 e. The van der Waals surface area contributed by atoms with Crippen LogP contribution in [-0.4, -0.2) is 6.36 Å². The molecule has 2 aromatic carbocycles. The first-order valence-corrected chi connectivity index (χ1v) is 6.52. The highest BCUT2D eigenvalue weighted by atomic mass is 35.5. The number of ether oxygens (including phenoxy) is 1. The van der Waals surface area contributed by atoms with Crippen LogP contribution in [0.3, 0.4) is 0 Å². The fourth-order valence-corrected chi connectivity index (χ4v) is 2.42. The van der Waals surface area contributed by atoms with Gasteiger partial charge in [-0.15, -0.1) is 13.2 Å². The predicted octanol–water partition coefficient (Wildman–Crippen LogP) is 4.60. The molecule has 2 aromatic rings. The van der Waals surface area contributed by atoms with Crippen molar-refractivity contribution < 1.29 is 17.9 Å². The van der Waals surface area contributed by atoms with E-state index in [0.717, 1.165) is 11.1 Å². The molecule has 0 aliphatic rings. The molecule has 112 valence electrons. The first-order chi connectivity index (χ1) is 9.78. The summed E-state index contributed by atoms with van der Waals surface area (Å²) in [7, 11) is 0. The van der Waals surface area contributed by atoms with Crippen molar-refractivity contribution in [1.29, 1.82) is 0 Å². The topological polar surface area (TPSA) is 35.2 Å². The second-order valence-corrected chi connectivity index (χ2v) is 4.97. The summed E-state index contributed by atoms with van der Waals surface area (Å²) < 4.78 is 40.1. The quantitative estimate of drug-likeness (QED) is 0.898. The fourth-order valence-electron chi connectivity index (χ4n) is 2.08. The number of hydrogen-bond donors (Lipinski definition) is 1. The molecule has 2 rings (SSSR count). The Labute approximate surface area is 125 Å². The highest BCUT2D eigenvalue weighted by molar-refractivity contribution is 6.31. The average Bonchev–Trinajstić information content (AvgIpc) is 2.37. The second-order valence-electron chi connectivity index (χ2n) is 4.56. The van der Waals surface area contributed by atoms with E-state index in [1.165, 1.54) is 24.3 Å². The zero-order chi connectivity index (χ0) is 15.6. The zero-order valence-electron chi connectivity index (χ0n) is 11.1. The Hall–Kier alpha value is -1.72. The van der Waals surface area contributed by atoms with E-state index in [9.17, 15) is 13.2 Å². The SMILES string of the molecule is Cc1cccc(Cl)c1[C@H](N)c1ccc(OC(F)(F)F)cc1. The number of benzene rings is 2. The van der Waals surface area contributed by atoms with Gasteiger partial charge in [0.05, 0.1) is 6.04 Å². The van der Waals surface area contributed by atoms with Gasteiger partial charge < -0.3 is 10.5 Å². The smallest absolute Gasteiger partial charge is 0.406 e. The molecule has 0 bridgehead atoms. The minimum Gasteiger partial charge on any atom is -0.406 e. The van der Waals surface area contributed by atoms with Gasteiger partial charge >= 0.3 is 6.36 Å². The average molecular weight is 316 g/mol. The second kappa shape index (κ2) is 5.95. The molecular weight excluding hydrogens is 303 g/mol. The molecule has 0 fully saturated rings. The van der Waals surface area contributed by atoms with Gasteiger partial charge in [-0.25, -0.2) is 0 Å². The molecule has 0 saturated carbocycles. The maximum atomic E-state index is 12.1. The molecule has 2 N–H and O–H groups in total. The standard InChI is InChI=1S/C15H13ClF3NO/c1-9-3-2-4-12(16)13(9)14(20)10-5-7-11(8-6-10)21-15(17,18)19/h2-8,14H,20H2,1H3/t14-/m1/s1. The minimum absolute atomic E-state index is 0.283. The van der Waals surface area contributed by atoms with Crippen LogP contribution in [0.2, 0.25) is 5.02 Å². The number of nitrogens with two attached hydrogens (primary N) is 1. The van der Waals surface area contributed by atoms with Crippen LogP contribution in [0.15, 0.2) is 42.5 Å². The van der Waals surface area contributed by atoms with Crippen molar-refractivity contribution in [2.24, 2.45) is 5.73 Å². The first kappa shape index (κ1) is 15.7. The largest absolute Gasteiger partial charge is 0.573 e. The lowest BCUT2D eigenvalue weighted by Gasteiger charge is -2.17. The lowest BCUT2D eigenvalue weighted by Crippen LogP contribution is -2.17. The number of halogens is 4. The maximum absolute atomic E-state index is 12.1. The van der Waals surface area contributed by atoms with E-state index < -0.39 is 12.4 Å². The number of hydrogen-bond acceptors (Lipinski definition) is 2. The van der Waals surface area contributed by atoms with Crippen LogP contribution in [0.25, 0.3) is 0 Å². The van der Waals surface area contributed by atoms with E-state index in [2.05, 4.69) is 4.74 Å². The van der Waals surface area contributed by atoms with E-state index >= 15 is 0 Å². The van der Waals surface area contributed by atoms with Gasteiger partial charge in [0.25, 0.3) is 0 Å².